The van der Waals surface area contributed by atoms with E-state index in [0.29, 0.717) is 22.1 Å². The molecular weight excluding hydrogens is 231 g/mol. The van der Waals surface area contributed by atoms with Gasteiger partial charge in [-0.2, -0.15) is 0 Å². The van der Waals surface area contributed by atoms with Crippen molar-refractivity contribution in [1.82, 2.24) is 0 Å². The van der Waals surface area contributed by atoms with Crippen molar-refractivity contribution in [3.63, 3.8) is 0 Å². The lowest BCUT2D eigenvalue weighted by molar-refractivity contribution is 1.38. The second kappa shape index (κ2) is 3.28. The lowest BCUT2D eigenvalue weighted by Crippen LogP contribution is -2.18. The lowest BCUT2D eigenvalue weighted by atomic mass is 10.4. The maximum Gasteiger partial charge on any atom is 0.0881 e. The fourth-order valence-electron chi connectivity index (χ4n) is 1.79. The summed E-state index contributed by atoms with van der Waals surface area (Å²) in [5, 5.41) is 19.1. The van der Waals surface area contributed by atoms with E-state index in [9.17, 15) is 0 Å². The molecule has 0 aromatic heterocycles. The second-order valence-corrected chi connectivity index (χ2v) is 6.03. The Labute approximate surface area is 99.0 Å². The van der Waals surface area contributed by atoms with Gasteiger partial charge in [0.05, 0.1) is 22.1 Å². The van der Waals surface area contributed by atoms with Crippen LogP contribution < -0.4 is 38.1 Å². The van der Waals surface area contributed by atoms with Crippen LogP contribution in [-0.4, -0.2) is 0 Å². The molecule has 0 spiro atoms. The predicted molar refractivity (Wildman–Crippen MR) is 70.4 cm³/mol. The van der Waals surface area contributed by atoms with E-state index in [-0.39, 0.29) is 0 Å². The zero-order chi connectivity index (χ0) is 12.2. The van der Waals surface area contributed by atoms with E-state index in [1.54, 1.807) is 0 Å². The third kappa shape index (κ3) is 1.41. The van der Waals surface area contributed by atoms with Crippen molar-refractivity contribution in [1.29, 1.82) is 10.8 Å². The molecule has 0 aliphatic heterocycles. The molecule has 0 aliphatic carbocycles. The van der Waals surface area contributed by atoms with Gasteiger partial charge in [0.1, 0.15) is 0 Å². The van der Waals surface area contributed by atoms with E-state index in [2.05, 4.69) is 0 Å². The Balaban J connectivity index is 2.11. The minimum absolute atomic E-state index is 0.431. The van der Waals surface area contributed by atoms with E-state index in [1.165, 1.54) is 0 Å². The Hall–Kier alpha value is -1.93. The van der Waals surface area contributed by atoms with Gasteiger partial charge < -0.3 is 11.5 Å². The summed E-state index contributed by atoms with van der Waals surface area (Å²) in [5.74, 6) is 0. The molecule has 0 saturated heterocycles. The van der Waals surface area contributed by atoms with Crippen LogP contribution in [0.25, 0.3) is 0 Å². The van der Waals surface area contributed by atoms with Crippen LogP contribution in [0.3, 0.4) is 0 Å². The van der Waals surface area contributed by atoms with Crippen molar-refractivity contribution in [2.45, 2.75) is 0 Å². The smallest absolute Gasteiger partial charge is 0.0881 e. The number of nitrogens with two attached hydrogens (primary N) is 2. The maximum absolute atomic E-state index is 7.69. The highest BCUT2D eigenvalue weighted by atomic mass is 31.1. The molecule has 3 aromatic rings. The molecule has 0 aliphatic rings. The number of hydrogen-bond donors (Lipinski definition) is 4. The topological polar surface area (TPSA) is 99.7 Å². The van der Waals surface area contributed by atoms with Gasteiger partial charge in [0.15, 0.2) is 0 Å². The monoisotopic (exact) mass is 242 g/mol. The summed E-state index contributed by atoms with van der Waals surface area (Å²) in [6.07, 6.45) is 0. The van der Waals surface area contributed by atoms with Gasteiger partial charge in [0, 0.05) is 10.6 Å². The molecule has 0 saturated carbocycles. The fourth-order valence-corrected chi connectivity index (χ4v) is 4.29. The van der Waals surface area contributed by atoms with Crippen LogP contribution in [0.15, 0.2) is 30.3 Å². The van der Waals surface area contributed by atoms with Gasteiger partial charge in [0.2, 0.25) is 0 Å². The van der Waals surface area contributed by atoms with Crippen molar-refractivity contribution >= 4 is 35.2 Å². The molecule has 0 unspecified atom stereocenters. The first-order valence-corrected chi connectivity index (χ1v) is 6.50. The molecule has 84 valence electrons. The molecule has 0 atom stereocenters. The van der Waals surface area contributed by atoms with Gasteiger partial charge in [-0.15, -0.1) is 0 Å². The van der Waals surface area contributed by atoms with Crippen molar-refractivity contribution in [3.8, 4) is 0 Å². The molecule has 6 N–H and O–H groups in total. The van der Waals surface area contributed by atoms with Crippen LogP contribution in [0.1, 0.15) is 0 Å². The van der Waals surface area contributed by atoms with Gasteiger partial charge in [0.25, 0.3) is 0 Å². The van der Waals surface area contributed by atoms with Crippen LogP contribution in [0.2, 0.25) is 0 Å². The molecule has 4 nitrogen and oxygen atoms in total. The minimum Gasteiger partial charge on any atom is -0.396 e. The third-order valence-electron chi connectivity index (χ3n) is 2.86. The predicted octanol–water partition coefficient (Wildman–Crippen LogP) is -0.681. The second-order valence-electron chi connectivity index (χ2n) is 3.95. The summed E-state index contributed by atoms with van der Waals surface area (Å²) < 4.78 is 0. The van der Waals surface area contributed by atoms with E-state index >= 15 is 0 Å². The van der Waals surface area contributed by atoms with Gasteiger partial charge in [-0.3, -0.25) is 10.8 Å². The minimum atomic E-state index is -0.849. The number of nitrogens with one attached hydrogen (secondary N) is 2. The molecule has 0 amide bonds. The van der Waals surface area contributed by atoms with Gasteiger partial charge in [-0.25, -0.2) is 0 Å². The highest BCUT2D eigenvalue weighted by Crippen LogP contribution is 2.38. The van der Waals surface area contributed by atoms with E-state index < -0.39 is 7.92 Å². The molecule has 0 fully saturated rings. The van der Waals surface area contributed by atoms with E-state index in [1.807, 2.05) is 30.3 Å². The Morgan fingerprint density at radius 2 is 1.24 bits per heavy atom. The van der Waals surface area contributed by atoms with E-state index in [4.69, 9.17) is 22.3 Å². The largest absolute Gasteiger partial charge is 0.396 e. The summed E-state index contributed by atoms with van der Waals surface area (Å²) in [6.45, 7) is 0. The zero-order valence-corrected chi connectivity index (χ0v) is 9.88. The number of benzene rings is 1. The van der Waals surface area contributed by atoms with Crippen molar-refractivity contribution in [3.05, 3.63) is 41.0 Å². The normalized spacial score (nSPS) is 13.4. The van der Waals surface area contributed by atoms with Crippen LogP contribution >= 0.6 is 7.92 Å². The molecule has 17 heavy (non-hydrogen) atoms. The Kier molecular flexibility index (Phi) is 1.98. The molecule has 0 radical (unpaired) electrons. The average Bonchev–Trinajstić information content (AvgIpc) is 3.14. The molecule has 0 bridgehead atoms. The molecular formula is C12H11N4P. The third-order valence-corrected chi connectivity index (χ3v) is 5.50. The number of hydrogen-bond acceptors (Lipinski definition) is 4. The number of rotatable bonds is 3. The van der Waals surface area contributed by atoms with Crippen molar-refractivity contribution in [2.75, 3.05) is 11.5 Å². The Morgan fingerprint density at radius 3 is 1.59 bits per heavy atom. The Morgan fingerprint density at radius 1 is 0.824 bits per heavy atom. The van der Waals surface area contributed by atoms with Gasteiger partial charge >= 0.3 is 0 Å². The zero-order valence-electron chi connectivity index (χ0n) is 8.99. The first-order valence-electron chi connectivity index (χ1n) is 5.16. The summed E-state index contributed by atoms with van der Waals surface area (Å²) in [4.78, 5) is 0. The SMILES string of the molecule is N=c1c(N)c1P(c1ccccc1)c1c(N)c1=N. The number of nitrogen functional groups attached to an aromatic ring is 2. The van der Waals surface area contributed by atoms with Crippen LogP contribution in [0.4, 0.5) is 11.4 Å². The van der Waals surface area contributed by atoms with Crippen molar-refractivity contribution < 1.29 is 0 Å². The van der Waals surface area contributed by atoms with Gasteiger partial charge in [-0.05, 0) is 13.2 Å². The summed E-state index contributed by atoms with van der Waals surface area (Å²) in [6, 6.07) is 9.86. The maximum atomic E-state index is 7.69. The van der Waals surface area contributed by atoms with Gasteiger partial charge in [-0.1, -0.05) is 30.3 Å². The first kappa shape index (κ1) is 10.2. The highest BCUT2D eigenvalue weighted by Gasteiger charge is 2.34. The highest BCUT2D eigenvalue weighted by molar-refractivity contribution is 7.81. The average molecular weight is 242 g/mol. The number of anilines is 2. The molecule has 0 heterocycles. The van der Waals surface area contributed by atoms with Crippen LogP contribution in [-0.2, 0) is 0 Å². The standard InChI is InChI=1S/C12H11N4P/c13-7-8(14)11(7)17(12-9(15)10(12)16)6-4-2-1-3-5-6/h1-5,13,15H,14,16H2. The lowest BCUT2D eigenvalue weighted by Gasteiger charge is -2.09. The molecule has 3 aromatic carbocycles. The summed E-state index contributed by atoms with van der Waals surface area (Å²) >= 11 is 0. The van der Waals surface area contributed by atoms with Crippen LogP contribution in [0, 0.1) is 10.8 Å². The molecule has 3 rings (SSSR count). The first-order chi connectivity index (χ1) is 8.13. The quantitative estimate of drug-likeness (QED) is 0.457. The Bertz CT molecular complexity index is 668. The molecule has 5 heteroatoms. The summed E-state index contributed by atoms with van der Waals surface area (Å²) in [7, 11) is -0.849. The van der Waals surface area contributed by atoms with E-state index in [0.717, 1.165) is 15.9 Å². The van der Waals surface area contributed by atoms with Crippen molar-refractivity contribution in [2.24, 2.45) is 0 Å². The van der Waals surface area contributed by atoms with Crippen LogP contribution in [0.5, 0.6) is 0 Å². The summed E-state index contributed by atoms with van der Waals surface area (Å²) in [5.41, 5.74) is 12.6. The fraction of sp³-hybridized carbons (Fsp3) is 0.